The highest BCUT2D eigenvalue weighted by molar-refractivity contribution is 6.30. The molecule has 0 saturated carbocycles. The molecule has 4 nitrogen and oxygen atoms in total. The van der Waals surface area contributed by atoms with E-state index < -0.39 is 0 Å². The van der Waals surface area contributed by atoms with Gasteiger partial charge < -0.3 is 4.90 Å². The summed E-state index contributed by atoms with van der Waals surface area (Å²) in [7, 11) is 0. The number of pyridine rings is 2. The van der Waals surface area contributed by atoms with Gasteiger partial charge in [-0.1, -0.05) is 29.8 Å². The molecule has 0 bridgehead atoms. The van der Waals surface area contributed by atoms with E-state index in [1.165, 1.54) is 11.1 Å². The predicted octanol–water partition coefficient (Wildman–Crippen LogP) is 5.05. The second-order valence-electron chi connectivity index (χ2n) is 7.65. The van der Waals surface area contributed by atoms with Crippen molar-refractivity contribution < 1.29 is 4.79 Å². The molecule has 1 fully saturated rings. The van der Waals surface area contributed by atoms with Gasteiger partial charge in [0.15, 0.2) is 0 Å². The fraction of sp³-hybridized carbons (Fsp3) is 0.292. The van der Waals surface area contributed by atoms with Crippen LogP contribution in [0.5, 0.6) is 0 Å². The van der Waals surface area contributed by atoms with Gasteiger partial charge >= 0.3 is 0 Å². The number of benzene rings is 1. The van der Waals surface area contributed by atoms with Crippen LogP contribution in [0, 0.1) is 6.92 Å². The van der Waals surface area contributed by atoms with Crippen molar-refractivity contribution in [2.45, 2.75) is 32.1 Å². The van der Waals surface area contributed by atoms with E-state index in [0.717, 1.165) is 42.2 Å². The maximum Gasteiger partial charge on any atom is 0.272 e. The molecule has 1 amide bonds. The van der Waals surface area contributed by atoms with Crippen molar-refractivity contribution in [2.24, 2.45) is 0 Å². The SMILES string of the molecule is Cc1cc(Cc2cccc(Cl)c2)cc([C@H]2CCCN(C(=O)c3ccccn3)C2)n1. The highest BCUT2D eigenvalue weighted by atomic mass is 35.5. The Morgan fingerprint density at radius 2 is 2.03 bits per heavy atom. The van der Waals surface area contributed by atoms with Gasteiger partial charge in [0.25, 0.3) is 5.91 Å². The molecule has 0 N–H and O–H groups in total. The Morgan fingerprint density at radius 3 is 2.83 bits per heavy atom. The standard InChI is InChI=1S/C24H24ClN3O/c1-17-12-19(13-18-6-4-8-21(25)14-18)15-23(27-17)20-7-5-11-28(16-20)24(29)22-9-2-3-10-26-22/h2-4,6,8-10,12,14-15,20H,5,7,11,13,16H2,1H3/t20-/m0/s1. The quantitative estimate of drug-likeness (QED) is 0.610. The lowest BCUT2D eigenvalue weighted by Crippen LogP contribution is -2.39. The van der Waals surface area contributed by atoms with Gasteiger partial charge in [-0.2, -0.15) is 0 Å². The second-order valence-corrected chi connectivity index (χ2v) is 8.09. The third-order valence-electron chi connectivity index (χ3n) is 5.34. The molecule has 2 aromatic heterocycles. The van der Waals surface area contributed by atoms with Crippen molar-refractivity contribution >= 4 is 17.5 Å². The summed E-state index contributed by atoms with van der Waals surface area (Å²) in [6, 6.07) is 17.7. The zero-order valence-corrected chi connectivity index (χ0v) is 17.3. The number of hydrogen-bond acceptors (Lipinski definition) is 3. The van der Waals surface area contributed by atoms with E-state index >= 15 is 0 Å². The van der Waals surface area contributed by atoms with Crippen molar-refractivity contribution in [1.82, 2.24) is 14.9 Å². The zero-order valence-electron chi connectivity index (χ0n) is 16.5. The largest absolute Gasteiger partial charge is 0.337 e. The average Bonchev–Trinajstić information content (AvgIpc) is 2.73. The molecule has 148 valence electrons. The van der Waals surface area contributed by atoms with Gasteiger partial charge in [0.05, 0.1) is 0 Å². The molecule has 3 heterocycles. The molecule has 1 saturated heterocycles. The number of carbonyl (C=O) groups excluding carboxylic acids is 1. The Bertz CT molecular complexity index is 1010. The van der Waals surface area contributed by atoms with Gasteiger partial charge in [-0.3, -0.25) is 14.8 Å². The number of aromatic nitrogens is 2. The molecule has 1 aliphatic rings. The number of rotatable bonds is 4. The molecule has 1 aliphatic heterocycles. The van der Waals surface area contributed by atoms with E-state index in [4.69, 9.17) is 16.6 Å². The van der Waals surface area contributed by atoms with Crippen LogP contribution in [-0.2, 0) is 6.42 Å². The fourth-order valence-electron chi connectivity index (χ4n) is 4.02. The maximum absolute atomic E-state index is 12.8. The Kier molecular flexibility index (Phi) is 5.91. The Morgan fingerprint density at radius 1 is 1.14 bits per heavy atom. The van der Waals surface area contributed by atoms with Gasteiger partial charge in [0, 0.05) is 41.6 Å². The van der Waals surface area contributed by atoms with Gasteiger partial charge in [-0.15, -0.1) is 0 Å². The normalized spacial score (nSPS) is 16.6. The molecule has 0 unspecified atom stereocenters. The van der Waals surface area contributed by atoms with Crippen LogP contribution in [-0.4, -0.2) is 33.9 Å². The van der Waals surface area contributed by atoms with E-state index in [9.17, 15) is 4.79 Å². The lowest BCUT2D eigenvalue weighted by atomic mass is 9.92. The van der Waals surface area contributed by atoms with Crippen LogP contribution in [0.15, 0.2) is 60.8 Å². The third-order valence-corrected chi connectivity index (χ3v) is 5.58. The van der Waals surface area contributed by atoms with Crippen molar-refractivity contribution in [3.05, 3.63) is 94.0 Å². The number of nitrogens with zero attached hydrogens (tertiary/aromatic N) is 3. The zero-order chi connectivity index (χ0) is 20.2. The molecule has 3 aromatic rings. The Balaban J connectivity index is 1.53. The first-order valence-electron chi connectivity index (χ1n) is 10.0. The number of hydrogen-bond donors (Lipinski definition) is 0. The van der Waals surface area contributed by atoms with E-state index in [1.54, 1.807) is 12.3 Å². The number of aryl methyl sites for hydroxylation is 1. The molecule has 0 spiro atoms. The first kappa shape index (κ1) is 19.6. The summed E-state index contributed by atoms with van der Waals surface area (Å²) in [5.74, 6) is 0.247. The smallest absolute Gasteiger partial charge is 0.272 e. The summed E-state index contributed by atoms with van der Waals surface area (Å²) in [5.41, 5.74) is 4.99. The summed E-state index contributed by atoms with van der Waals surface area (Å²) < 4.78 is 0. The second kappa shape index (κ2) is 8.75. The predicted molar refractivity (Wildman–Crippen MR) is 115 cm³/mol. The first-order valence-corrected chi connectivity index (χ1v) is 10.4. The molecular weight excluding hydrogens is 382 g/mol. The molecule has 0 aliphatic carbocycles. The van der Waals surface area contributed by atoms with E-state index in [2.05, 4.69) is 23.2 Å². The minimum absolute atomic E-state index is 0.00195. The molecular formula is C24H24ClN3O. The maximum atomic E-state index is 12.8. The van der Waals surface area contributed by atoms with Crippen molar-refractivity contribution in [1.29, 1.82) is 0 Å². The van der Waals surface area contributed by atoms with E-state index in [0.29, 0.717) is 12.2 Å². The number of amides is 1. The third kappa shape index (κ3) is 4.83. The van der Waals surface area contributed by atoms with E-state index in [1.807, 2.05) is 42.2 Å². The topological polar surface area (TPSA) is 46.1 Å². The van der Waals surface area contributed by atoms with Crippen molar-refractivity contribution in [3.8, 4) is 0 Å². The average molecular weight is 406 g/mol. The summed E-state index contributed by atoms with van der Waals surface area (Å²) in [4.78, 5) is 23.7. The minimum atomic E-state index is 0.00195. The molecule has 5 heteroatoms. The van der Waals surface area contributed by atoms with Gasteiger partial charge in [0.1, 0.15) is 5.69 Å². The molecule has 29 heavy (non-hydrogen) atoms. The summed E-state index contributed by atoms with van der Waals surface area (Å²) in [5, 5.41) is 0.754. The number of piperidine rings is 1. The summed E-state index contributed by atoms with van der Waals surface area (Å²) in [6.07, 6.45) is 4.50. The summed E-state index contributed by atoms with van der Waals surface area (Å²) >= 11 is 6.14. The van der Waals surface area contributed by atoms with Crippen molar-refractivity contribution in [3.63, 3.8) is 0 Å². The van der Waals surface area contributed by atoms with Crippen LogP contribution in [0.4, 0.5) is 0 Å². The first-order chi connectivity index (χ1) is 14.1. The number of halogens is 1. The van der Waals surface area contributed by atoms with Gasteiger partial charge in [0.2, 0.25) is 0 Å². The van der Waals surface area contributed by atoms with Gasteiger partial charge in [-0.05, 0) is 73.7 Å². The molecule has 0 radical (unpaired) electrons. The van der Waals surface area contributed by atoms with Gasteiger partial charge in [-0.25, -0.2) is 0 Å². The van der Waals surface area contributed by atoms with Crippen LogP contribution in [0.3, 0.4) is 0 Å². The summed E-state index contributed by atoms with van der Waals surface area (Å²) in [6.45, 7) is 3.49. The highest BCUT2D eigenvalue weighted by Crippen LogP contribution is 2.28. The monoisotopic (exact) mass is 405 g/mol. The van der Waals surface area contributed by atoms with Crippen LogP contribution < -0.4 is 0 Å². The minimum Gasteiger partial charge on any atom is -0.337 e. The Labute approximate surface area is 176 Å². The fourth-order valence-corrected chi connectivity index (χ4v) is 4.23. The van der Waals surface area contributed by atoms with Crippen LogP contribution in [0.2, 0.25) is 5.02 Å². The lowest BCUT2D eigenvalue weighted by molar-refractivity contribution is 0.0700. The van der Waals surface area contributed by atoms with Crippen molar-refractivity contribution in [2.75, 3.05) is 13.1 Å². The molecule has 1 atom stereocenters. The van der Waals surface area contributed by atoms with Crippen LogP contribution in [0.1, 0.15) is 51.8 Å². The van der Waals surface area contributed by atoms with Crippen LogP contribution >= 0.6 is 11.6 Å². The van der Waals surface area contributed by atoms with E-state index in [-0.39, 0.29) is 11.8 Å². The lowest BCUT2D eigenvalue weighted by Gasteiger charge is -2.32. The van der Waals surface area contributed by atoms with Crippen LogP contribution in [0.25, 0.3) is 0 Å². The Hall–Kier alpha value is -2.72. The highest BCUT2D eigenvalue weighted by Gasteiger charge is 2.27. The number of likely N-dealkylation sites (tertiary alicyclic amines) is 1. The number of carbonyl (C=O) groups is 1. The molecule has 4 rings (SSSR count). The molecule has 1 aromatic carbocycles.